The van der Waals surface area contributed by atoms with E-state index in [9.17, 15) is 4.39 Å². The first-order chi connectivity index (χ1) is 11.2. The summed E-state index contributed by atoms with van der Waals surface area (Å²) in [6.07, 6.45) is 10.3. The maximum absolute atomic E-state index is 13.0. The fourth-order valence-electron chi connectivity index (χ4n) is 4.32. The molecule has 0 radical (unpaired) electrons. The van der Waals surface area contributed by atoms with E-state index in [-0.39, 0.29) is 12.1 Å². The zero-order chi connectivity index (χ0) is 16.1. The van der Waals surface area contributed by atoms with E-state index in [1.807, 2.05) is 0 Å². The predicted octanol–water partition coefficient (Wildman–Crippen LogP) is 5.63. The number of rotatable bonds is 5. The molecule has 0 atom stereocenters. The largest absolute Gasteiger partial charge is 0.348 e. The van der Waals surface area contributed by atoms with Crippen molar-refractivity contribution in [3.8, 4) is 0 Å². The molecule has 1 aliphatic heterocycles. The third-order valence-corrected chi connectivity index (χ3v) is 5.78. The van der Waals surface area contributed by atoms with Gasteiger partial charge < -0.3 is 9.47 Å². The molecule has 0 unspecified atom stereocenters. The lowest BCUT2D eigenvalue weighted by Crippen LogP contribution is -2.42. The Bertz CT molecular complexity index is 471. The monoisotopic (exact) mass is 320 g/mol. The number of benzene rings is 1. The van der Waals surface area contributed by atoms with Crippen LogP contribution in [0.5, 0.6) is 0 Å². The van der Waals surface area contributed by atoms with Gasteiger partial charge in [-0.25, -0.2) is 4.39 Å². The van der Waals surface area contributed by atoms with Crippen LogP contribution >= 0.6 is 0 Å². The minimum Gasteiger partial charge on any atom is -0.348 e. The van der Waals surface area contributed by atoms with Crippen molar-refractivity contribution in [2.75, 3.05) is 13.2 Å². The molecule has 1 aliphatic carbocycles. The average molecular weight is 320 g/mol. The Morgan fingerprint density at radius 2 is 1.70 bits per heavy atom. The topological polar surface area (TPSA) is 18.5 Å². The molecule has 0 bridgehead atoms. The van der Waals surface area contributed by atoms with E-state index in [1.165, 1.54) is 63.5 Å². The van der Waals surface area contributed by atoms with Crippen LogP contribution in [-0.2, 0) is 9.47 Å². The molecule has 3 heteroatoms. The van der Waals surface area contributed by atoms with Gasteiger partial charge in [0.2, 0.25) is 0 Å². The molecule has 0 amide bonds. The molecule has 0 spiro atoms. The summed E-state index contributed by atoms with van der Waals surface area (Å²) in [5, 5.41) is 0. The number of hydrogen-bond acceptors (Lipinski definition) is 2. The zero-order valence-corrected chi connectivity index (χ0v) is 14.2. The first-order valence-corrected chi connectivity index (χ1v) is 9.22. The Kier molecular flexibility index (Phi) is 5.71. The fraction of sp³-hybridized carbons (Fsp3) is 0.700. The van der Waals surface area contributed by atoms with E-state index in [2.05, 4.69) is 6.92 Å². The summed E-state index contributed by atoms with van der Waals surface area (Å²) in [6.45, 7) is 3.81. The summed E-state index contributed by atoms with van der Waals surface area (Å²) < 4.78 is 25.1. The maximum atomic E-state index is 13.0. The van der Waals surface area contributed by atoms with Crippen LogP contribution in [-0.4, -0.2) is 13.2 Å². The zero-order valence-electron chi connectivity index (χ0n) is 14.2. The van der Waals surface area contributed by atoms with Crippen LogP contribution in [0, 0.1) is 17.2 Å². The molecule has 3 rings (SSSR count). The van der Waals surface area contributed by atoms with E-state index in [1.54, 1.807) is 12.1 Å². The third-order valence-electron chi connectivity index (χ3n) is 5.78. The van der Waals surface area contributed by atoms with Crippen LogP contribution in [0.2, 0.25) is 0 Å². The summed E-state index contributed by atoms with van der Waals surface area (Å²) in [5.41, 5.74) is 1.33. The second-order valence-electron chi connectivity index (χ2n) is 7.27. The Hall–Kier alpha value is -0.930. The van der Waals surface area contributed by atoms with Gasteiger partial charge in [-0.3, -0.25) is 0 Å². The van der Waals surface area contributed by atoms with Gasteiger partial charge in [-0.2, -0.15) is 0 Å². The quantitative estimate of drug-likeness (QED) is 0.700. The minimum absolute atomic E-state index is 0.219. The van der Waals surface area contributed by atoms with Gasteiger partial charge in [-0.05, 0) is 36.8 Å². The molecule has 2 fully saturated rings. The molecule has 2 nitrogen and oxygen atoms in total. The molecule has 1 saturated heterocycles. The molecular formula is C20H29FO2. The molecule has 0 aromatic heterocycles. The predicted molar refractivity (Wildman–Crippen MR) is 89.6 cm³/mol. The summed E-state index contributed by atoms with van der Waals surface area (Å²) in [4.78, 5) is 0. The van der Waals surface area contributed by atoms with Crippen LogP contribution in [0.15, 0.2) is 24.3 Å². The average Bonchev–Trinajstić information content (AvgIpc) is 2.62. The smallest absolute Gasteiger partial charge is 0.183 e. The molecule has 23 heavy (non-hydrogen) atoms. The maximum Gasteiger partial charge on any atom is 0.183 e. The highest BCUT2D eigenvalue weighted by Crippen LogP contribution is 2.48. The molecule has 128 valence electrons. The van der Waals surface area contributed by atoms with Gasteiger partial charge in [-0.1, -0.05) is 51.2 Å². The molecule has 1 heterocycles. The van der Waals surface area contributed by atoms with E-state index >= 15 is 0 Å². The van der Waals surface area contributed by atoms with Crippen LogP contribution in [0.25, 0.3) is 0 Å². The van der Waals surface area contributed by atoms with Crippen molar-refractivity contribution in [3.63, 3.8) is 0 Å². The van der Waals surface area contributed by atoms with Crippen molar-refractivity contribution in [2.45, 2.75) is 64.6 Å². The SMILES string of the molecule is CCCCC1(C2COC(c3ccc(F)cc3)OC2)CCCCC1. The van der Waals surface area contributed by atoms with Gasteiger partial charge in [0.05, 0.1) is 13.2 Å². The summed E-state index contributed by atoms with van der Waals surface area (Å²) in [6, 6.07) is 6.46. The Labute approximate surface area is 139 Å². The number of halogens is 1. The number of hydrogen-bond donors (Lipinski definition) is 0. The van der Waals surface area contributed by atoms with Crippen molar-refractivity contribution in [2.24, 2.45) is 11.3 Å². The lowest BCUT2D eigenvalue weighted by Gasteiger charge is -2.46. The van der Waals surface area contributed by atoms with Crippen LogP contribution in [0.3, 0.4) is 0 Å². The van der Waals surface area contributed by atoms with Crippen molar-refractivity contribution >= 4 is 0 Å². The van der Waals surface area contributed by atoms with E-state index in [4.69, 9.17) is 9.47 Å². The van der Waals surface area contributed by atoms with Gasteiger partial charge >= 0.3 is 0 Å². The second-order valence-corrected chi connectivity index (χ2v) is 7.27. The summed E-state index contributed by atoms with van der Waals surface area (Å²) >= 11 is 0. The van der Waals surface area contributed by atoms with Gasteiger partial charge in [0.25, 0.3) is 0 Å². The molecule has 2 aliphatic rings. The van der Waals surface area contributed by atoms with Crippen molar-refractivity contribution in [1.82, 2.24) is 0 Å². The summed E-state index contributed by atoms with van der Waals surface area (Å²) in [5.74, 6) is 0.286. The Morgan fingerprint density at radius 1 is 1.04 bits per heavy atom. The van der Waals surface area contributed by atoms with Gasteiger partial charge in [-0.15, -0.1) is 0 Å². The molecule has 0 N–H and O–H groups in total. The van der Waals surface area contributed by atoms with Gasteiger partial charge in [0.15, 0.2) is 6.29 Å². The van der Waals surface area contributed by atoms with Crippen molar-refractivity contribution < 1.29 is 13.9 Å². The highest BCUT2D eigenvalue weighted by molar-refractivity contribution is 5.17. The minimum atomic E-state index is -0.335. The second kappa shape index (κ2) is 7.76. The summed E-state index contributed by atoms with van der Waals surface area (Å²) in [7, 11) is 0. The van der Waals surface area contributed by atoms with E-state index in [0.717, 1.165) is 18.8 Å². The molecule has 1 saturated carbocycles. The fourth-order valence-corrected chi connectivity index (χ4v) is 4.32. The molecular weight excluding hydrogens is 291 g/mol. The molecule has 1 aromatic carbocycles. The highest BCUT2D eigenvalue weighted by atomic mass is 19.1. The van der Waals surface area contributed by atoms with Gasteiger partial charge in [0.1, 0.15) is 5.82 Å². The lowest BCUT2D eigenvalue weighted by atomic mass is 9.63. The van der Waals surface area contributed by atoms with Crippen LogP contribution in [0.4, 0.5) is 4.39 Å². The third kappa shape index (κ3) is 3.95. The first kappa shape index (κ1) is 16.9. The lowest BCUT2D eigenvalue weighted by molar-refractivity contribution is -0.227. The molecule has 1 aromatic rings. The number of unbranched alkanes of at least 4 members (excludes halogenated alkanes) is 1. The normalized spacial score (nSPS) is 27.7. The van der Waals surface area contributed by atoms with Crippen molar-refractivity contribution in [3.05, 3.63) is 35.6 Å². The first-order valence-electron chi connectivity index (χ1n) is 9.22. The van der Waals surface area contributed by atoms with Crippen LogP contribution < -0.4 is 0 Å². The highest BCUT2D eigenvalue weighted by Gasteiger charge is 2.41. The standard InChI is InChI=1S/C20H29FO2/c1-2-3-11-20(12-5-4-6-13-20)17-14-22-19(23-15-17)16-7-9-18(21)10-8-16/h7-10,17,19H,2-6,11-15H2,1H3. The Morgan fingerprint density at radius 3 is 2.30 bits per heavy atom. The van der Waals surface area contributed by atoms with Crippen molar-refractivity contribution in [1.29, 1.82) is 0 Å². The van der Waals surface area contributed by atoms with Gasteiger partial charge in [0, 0.05) is 11.5 Å². The number of ether oxygens (including phenoxy) is 2. The van der Waals surface area contributed by atoms with E-state index in [0.29, 0.717) is 11.3 Å². The van der Waals surface area contributed by atoms with E-state index < -0.39 is 0 Å². The Balaban J connectivity index is 1.62. The van der Waals surface area contributed by atoms with Crippen LogP contribution in [0.1, 0.15) is 70.1 Å².